The van der Waals surface area contributed by atoms with Crippen molar-refractivity contribution >= 4 is 17.7 Å². The number of thioether (sulfide) groups is 1. The molecular formula is C14H20N2OS. The van der Waals surface area contributed by atoms with Crippen LogP contribution in [0.1, 0.15) is 22.8 Å². The van der Waals surface area contributed by atoms with E-state index in [1.807, 2.05) is 30.2 Å². The Morgan fingerprint density at radius 3 is 2.94 bits per heavy atom. The van der Waals surface area contributed by atoms with Crippen LogP contribution >= 0.6 is 11.8 Å². The summed E-state index contributed by atoms with van der Waals surface area (Å²) in [6.07, 6.45) is 2.03. The van der Waals surface area contributed by atoms with Crippen molar-refractivity contribution in [1.29, 1.82) is 0 Å². The van der Waals surface area contributed by atoms with E-state index in [4.69, 9.17) is 0 Å². The van der Waals surface area contributed by atoms with Gasteiger partial charge < -0.3 is 10.2 Å². The third kappa shape index (κ3) is 2.70. The highest BCUT2D eigenvalue weighted by Crippen LogP contribution is 2.21. The first-order chi connectivity index (χ1) is 8.63. The van der Waals surface area contributed by atoms with E-state index in [-0.39, 0.29) is 11.9 Å². The van der Waals surface area contributed by atoms with Crippen molar-refractivity contribution < 1.29 is 4.79 Å². The SMILES string of the molecule is CSc1ccc(C)c(C(=O)N2CCNCC2C)c1. The summed E-state index contributed by atoms with van der Waals surface area (Å²) in [5.41, 5.74) is 1.90. The number of aryl methyl sites for hydroxylation is 1. The van der Waals surface area contributed by atoms with Gasteiger partial charge in [0.05, 0.1) is 0 Å². The minimum Gasteiger partial charge on any atom is -0.333 e. The second kappa shape index (κ2) is 5.76. The van der Waals surface area contributed by atoms with E-state index in [0.717, 1.165) is 35.7 Å². The first kappa shape index (κ1) is 13.4. The summed E-state index contributed by atoms with van der Waals surface area (Å²) < 4.78 is 0. The predicted octanol–water partition coefficient (Wildman–Crippen LogP) is 2.15. The van der Waals surface area contributed by atoms with Crippen molar-refractivity contribution in [2.45, 2.75) is 24.8 Å². The van der Waals surface area contributed by atoms with Crippen LogP contribution in [-0.4, -0.2) is 42.7 Å². The van der Waals surface area contributed by atoms with Gasteiger partial charge in [0, 0.05) is 36.1 Å². The van der Waals surface area contributed by atoms with Crippen LogP contribution in [0.15, 0.2) is 23.1 Å². The average molecular weight is 264 g/mol. The Bertz CT molecular complexity index is 447. The minimum absolute atomic E-state index is 0.164. The molecule has 2 rings (SSSR count). The maximum absolute atomic E-state index is 12.6. The standard InChI is InChI=1S/C14H20N2OS/c1-10-4-5-12(18-3)8-13(10)14(17)16-7-6-15-9-11(16)2/h4-5,8,11,15H,6-7,9H2,1-3H3. The molecule has 98 valence electrons. The predicted molar refractivity (Wildman–Crippen MR) is 76.3 cm³/mol. The van der Waals surface area contributed by atoms with Gasteiger partial charge in [0.15, 0.2) is 0 Å². The molecule has 0 saturated carbocycles. The summed E-state index contributed by atoms with van der Waals surface area (Å²) in [5, 5.41) is 3.31. The zero-order chi connectivity index (χ0) is 13.1. The highest BCUT2D eigenvalue weighted by molar-refractivity contribution is 7.98. The molecule has 1 amide bonds. The van der Waals surface area contributed by atoms with E-state index in [1.54, 1.807) is 11.8 Å². The van der Waals surface area contributed by atoms with Gasteiger partial charge in [-0.1, -0.05) is 6.07 Å². The van der Waals surface area contributed by atoms with E-state index in [2.05, 4.69) is 18.3 Å². The van der Waals surface area contributed by atoms with Crippen molar-refractivity contribution in [1.82, 2.24) is 10.2 Å². The minimum atomic E-state index is 0.164. The van der Waals surface area contributed by atoms with E-state index in [9.17, 15) is 4.79 Å². The van der Waals surface area contributed by atoms with Crippen LogP contribution in [-0.2, 0) is 0 Å². The molecule has 1 N–H and O–H groups in total. The second-order valence-corrected chi connectivity index (χ2v) is 5.61. The van der Waals surface area contributed by atoms with E-state index in [1.165, 1.54) is 0 Å². The van der Waals surface area contributed by atoms with Gasteiger partial charge in [-0.25, -0.2) is 0 Å². The van der Waals surface area contributed by atoms with E-state index < -0.39 is 0 Å². The normalized spacial score (nSPS) is 19.9. The topological polar surface area (TPSA) is 32.3 Å². The van der Waals surface area contributed by atoms with Crippen LogP contribution in [0.4, 0.5) is 0 Å². The van der Waals surface area contributed by atoms with Crippen molar-refractivity contribution in [2.24, 2.45) is 0 Å². The highest BCUT2D eigenvalue weighted by atomic mass is 32.2. The van der Waals surface area contributed by atoms with Crippen LogP contribution in [0.5, 0.6) is 0 Å². The third-order valence-electron chi connectivity index (χ3n) is 3.44. The summed E-state index contributed by atoms with van der Waals surface area (Å²) in [6.45, 7) is 6.66. The Morgan fingerprint density at radius 2 is 2.28 bits per heavy atom. The molecule has 1 heterocycles. The number of carbonyl (C=O) groups is 1. The van der Waals surface area contributed by atoms with Crippen molar-refractivity contribution in [3.8, 4) is 0 Å². The average Bonchev–Trinajstić information content (AvgIpc) is 2.39. The number of piperazine rings is 1. The molecule has 1 unspecified atom stereocenters. The summed E-state index contributed by atoms with van der Waals surface area (Å²) in [6, 6.07) is 6.38. The van der Waals surface area contributed by atoms with Gasteiger partial charge >= 0.3 is 0 Å². The molecule has 0 radical (unpaired) electrons. The van der Waals surface area contributed by atoms with E-state index >= 15 is 0 Å². The van der Waals surface area contributed by atoms with E-state index in [0.29, 0.717) is 0 Å². The molecule has 1 aliphatic heterocycles. The smallest absolute Gasteiger partial charge is 0.254 e. The van der Waals surface area contributed by atoms with Crippen LogP contribution in [0, 0.1) is 6.92 Å². The molecule has 0 aliphatic carbocycles. The third-order valence-corrected chi connectivity index (χ3v) is 4.16. The fourth-order valence-electron chi connectivity index (χ4n) is 2.26. The first-order valence-corrected chi connectivity index (χ1v) is 7.52. The zero-order valence-electron chi connectivity index (χ0n) is 11.2. The molecule has 1 fully saturated rings. The number of hydrogen-bond acceptors (Lipinski definition) is 3. The maximum atomic E-state index is 12.6. The molecule has 1 aliphatic rings. The zero-order valence-corrected chi connectivity index (χ0v) is 12.0. The Balaban J connectivity index is 2.27. The molecule has 1 saturated heterocycles. The number of nitrogens with one attached hydrogen (secondary N) is 1. The summed E-state index contributed by atoms with van der Waals surface area (Å²) in [7, 11) is 0. The van der Waals surface area contributed by atoms with Crippen LogP contribution in [0.3, 0.4) is 0 Å². The number of carbonyl (C=O) groups excluding carboxylic acids is 1. The lowest BCUT2D eigenvalue weighted by molar-refractivity contribution is 0.0655. The fourth-order valence-corrected chi connectivity index (χ4v) is 2.70. The van der Waals surface area contributed by atoms with Crippen LogP contribution < -0.4 is 5.32 Å². The molecular weight excluding hydrogens is 244 g/mol. The van der Waals surface area contributed by atoms with Gasteiger partial charge in [-0.2, -0.15) is 0 Å². The number of nitrogens with zero attached hydrogens (tertiary/aromatic N) is 1. The lowest BCUT2D eigenvalue weighted by Gasteiger charge is -2.34. The van der Waals surface area contributed by atoms with Gasteiger partial charge in [0.1, 0.15) is 0 Å². The second-order valence-electron chi connectivity index (χ2n) is 4.73. The van der Waals surface area contributed by atoms with Crippen LogP contribution in [0.25, 0.3) is 0 Å². The van der Waals surface area contributed by atoms with Crippen molar-refractivity contribution in [3.63, 3.8) is 0 Å². The number of amides is 1. The lowest BCUT2D eigenvalue weighted by Crippen LogP contribution is -2.52. The highest BCUT2D eigenvalue weighted by Gasteiger charge is 2.25. The van der Waals surface area contributed by atoms with Gasteiger partial charge in [0.2, 0.25) is 0 Å². The maximum Gasteiger partial charge on any atom is 0.254 e. The van der Waals surface area contributed by atoms with Gasteiger partial charge in [-0.05, 0) is 37.8 Å². The molecule has 4 heteroatoms. The Morgan fingerprint density at radius 1 is 1.50 bits per heavy atom. The molecule has 0 aromatic heterocycles. The Hall–Kier alpha value is -1.00. The van der Waals surface area contributed by atoms with Gasteiger partial charge in [-0.15, -0.1) is 11.8 Å². The van der Waals surface area contributed by atoms with Gasteiger partial charge in [-0.3, -0.25) is 4.79 Å². The monoisotopic (exact) mass is 264 g/mol. The summed E-state index contributed by atoms with van der Waals surface area (Å²) in [4.78, 5) is 15.7. The Labute approximate surface area is 113 Å². The molecule has 18 heavy (non-hydrogen) atoms. The number of benzene rings is 1. The van der Waals surface area contributed by atoms with Crippen LogP contribution in [0.2, 0.25) is 0 Å². The largest absolute Gasteiger partial charge is 0.333 e. The molecule has 3 nitrogen and oxygen atoms in total. The molecule has 0 spiro atoms. The molecule has 1 aromatic carbocycles. The lowest BCUT2D eigenvalue weighted by atomic mass is 10.1. The summed E-state index contributed by atoms with van der Waals surface area (Å²) in [5.74, 6) is 0.164. The summed E-state index contributed by atoms with van der Waals surface area (Å²) >= 11 is 1.67. The number of rotatable bonds is 2. The fraction of sp³-hybridized carbons (Fsp3) is 0.500. The molecule has 1 atom stereocenters. The quantitative estimate of drug-likeness (QED) is 0.831. The number of hydrogen-bond donors (Lipinski definition) is 1. The Kier molecular flexibility index (Phi) is 4.30. The van der Waals surface area contributed by atoms with Crippen molar-refractivity contribution in [2.75, 3.05) is 25.9 Å². The molecule has 1 aromatic rings. The van der Waals surface area contributed by atoms with Gasteiger partial charge in [0.25, 0.3) is 5.91 Å². The van der Waals surface area contributed by atoms with Crippen molar-refractivity contribution in [3.05, 3.63) is 29.3 Å². The first-order valence-electron chi connectivity index (χ1n) is 6.30. The molecule has 0 bridgehead atoms.